The monoisotopic (exact) mass is 233 g/mol. The van der Waals surface area contributed by atoms with Crippen molar-refractivity contribution >= 4 is 11.3 Å². The van der Waals surface area contributed by atoms with Crippen LogP contribution in [0.4, 0.5) is 0 Å². The summed E-state index contributed by atoms with van der Waals surface area (Å²) in [5, 5.41) is 5.57. The second-order valence-electron chi connectivity index (χ2n) is 3.57. The fourth-order valence-electron chi connectivity index (χ4n) is 1.67. The summed E-state index contributed by atoms with van der Waals surface area (Å²) in [4.78, 5) is 9.52. The van der Waals surface area contributed by atoms with Crippen LogP contribution in [0.15, 0.2) is 36.2 Å². The van der Waals surface area contributed by atoms with E-state index >= 15 is 0 Å². The van der Waals surface area contributed by atoms with Gasteiger partial charge in [-0.3, -0.25) is 0 Å². The fourth-order valence-corrected chi connectivity index (χ4v) is 2.43. The molecule has 0 aliphatic carbocycles. The molecule has 2 rings (SSSR count). The first-order valence-electron chi connectivity index (χ1n) is 5.41. The van der Waals surface area contributed by atoms with Crippen LogP contribution in [0, 0.1) is 0 Å². The van der Waals surface area contributed by atoms with Crippen LogP contribution in [0.25, 0.3) is 0 Å². The molecular weight excluding hydrogens is 218 g/mol. The minimum atomic E-state index is 0.310. The molecule has 2 aromatic rings. The molecule has 1 unspecified atom stereocenters. The lowest BCUT2D eigenvalue weighted by atomic mass is 10.1. The maximum absolute atomic E-state index is 4.07. The van der Waals surface area contributed by atoms with Crippen LogP contribution in [0.2, 0.25) is 0 Å². The topological polar surface area (TPSA) is 37.8 Å². The highest BCUT2D eigenvalue weighted by atomic mass is 32.1. The predicted molar refractivity (Wildman–Crippen MR) is 66.5 cm³/mol. The summed E-state index contributed by atoms with van der Waals surface area (Å²) in [5.41, 5.74) is 1.15. The van der Waals surface area contributed by atoms with E-state index in [-0.39, 0.29) is 0 Å². The molecule has 0 fully saturated rings. The van der Waals surface area contributed by atoms with E-state index in [1.807, 2.05) is 12.4 Å². The van der Waals surface area contributed by atoms with Gasteiger partial charge in [-0.05, 0) is 18.0 Å². The van der Waals surface area contributed by atoms with Gasteiger partial charge in [0.2, 0.25) is 0 Å². The quantitative estimate of drug-likeness (QED) is 0.862. The molecule has 2 aromatic heterocycles. The molecule has 0 amide bonds. The van der Waals surface area contributed by atoms with Gasteiger partial charge in [0.05, 0.1) is 0 Å². The molecule has 0 saturated carbocycles. The van der Waals surface area contributed by atoms with Crippen LogP contribution >= 0.6 is 11.3 Å². The van der Waals surface area contributed by atoms with E-state index < -0.39 is 0 Å². The molecule has 3 nitrogen and oxygen atoms in total. The van der Waals surface area contributed by atoms with Crippen LogP contribution in [0.3, 0.4) is 0 Å². The molecule has 4 heteroatoms. The molecule has 2 heterocycles. The summed E-state index contributed by atoms with van der Waals surface area (Å²) >= 11 is 1.79. The minimum absolute atomic E-state index is 0.310. The fraction of sp³-hybridized carbons (Fsp3) is 0.333. The predicted octanol–water partition coefficient (Wildman–Crippen LogP) is 2.43. The molecule has 0 aliphatic rings. The van der Waals surface area contributed by atoms with Gasteiger partial charge in [-0.15, -0.1) is 11.3 Å². The molecule has 0 saturated heterocycles. The highest BCUT2D eigenvalue weighted by molar-refractivity contribution is 7.09. The van der Waals surface area contributed by atoms with Crippen molar-refractivity contribution in [2.45, 2.75) is 19.4 Å². The highest BCUT2D eigenvalue weighted by Gasteiger charge is 2.11. The third-order valence-corrected chi connectivity index (χ3v) is 3.32. The van der Waals surface area contributed by atoms with Crippen molar-refractivity contribution in [2.24, 2.45) is 0 Å². The first-order valence-corrected chi connectivity index (χ1v) is 6.28. The Morgan fingerprint density at radius 1 is 1.38 bits per heavy atom. The van der Waals surface area contributed by atoms with E-state index in [1.54, 1.807) is 17.7 Å². The average Bonchev–Trinajstić information content (AvgIpc) is 2.83. The van der Waals surface area contributed by atoms with Gasteiger partial charge in [-0.25, -0.2) is 9.97 Å². The van der Waals surface area contributed by atoms with Crippen molar-refractivity contribution in [3.8, 4) is 0 Å². The lowest BCUT2D eigenvalue weighted by Gasteiger charge is -2.16. The molecule has 0 aliphatic heterocycles. The van der Waals surface area contributed by atoms with Gasteiger partial charge in [-0.2, -0.15) is 0 Å². The molecule has 0 aromatic carbocycles. The zero-order chi connectivity index (χ0) is 11.2. The summed E-state index contributed by atoms with van der Waals surface area (Å²) in [5.74, 6) is 0. The SMILES string of the molecule is CCNC(Cc1cccs1)c1cncnc1. The molecule has 0 bridgehead atoms. The Morgan fingerprint density at radius 3 is 2.81 bits per heavy atom. The zero-order valence-electron chi connectivity index (χ0n) is 9.26. The average molecular weight is 233 g/mol. The lowest BCUT2D eigenvalue weighted by molar-refractivity contribution is 0.549. The molecule has 1 N–H and O–H groups in total. The first-order chi connectivity index (χ1) is 7.90. The van der Waals surface area contributed by atoms with Crippen LogP contribution in [0.5, 0.6) is 0 Å². The van der Waals surface area contributed by atoms with Crippen molar-refractivity contribution in [1.82, 2.24) is 15.3 Å². The Bertz CT molecular complexity index is 399. The third kappa shape index (κ3) is 2.87. The van der Waals surface area contributed by atoms with Crippen molar-refractivity contribution in [1.29, 1.82) is 0 Å². The van der Waals surface area contributed by atoms with Crippen LogP contribution in [-0.2, 0) is 6.42 Å². The summed E-state index contributed by atoms with van der Waals surface area (Å²) in [6.07, 6.45) is 6.33. The van der Waals surface area contributed by atoms with Gasteiger partial charge in [0.25, 0.3) is 0 Å². The summed E-state index contributed by atoms with van der Waals surface area (Å²) in [6.45, 7) is 3.07. The van der Waals surface area contributed by atoms with Crippen molar-refractivity contribution in [3.63, 3.8) is 0 Å². The van der Waals surface area contributed by atoms with E-state index in [1.165, 1.54) is 4.88 Å². The van der Waals surface area contributed by atoms with E-state index in [2.05, 4.69) is 39.7 Å². The largest absolute Gasteiger partial charge is 0.310 e. The summed E-state index contributed by atoms with van der Waals surface area (Å²) < 4.78 is 0. The molecule has 0 radical (unpaired) electrons. The Hall–Kier alpha value is -1.26. The number of hydrogen-bond acceptors (Lipinski definition) is 4. The van der Waals surface area contributed by atoms with E-state index in [0.717, 1.165) is 18.5 Å². The molecule has 84 valence electrons. The number of hydrogen-bond donors (Lipinski definition) is 1. The van der Waals surface area contributed by atoms with Gasteiger partial charge in [0.15, 0.2) is 0 Å². The van der Waals surface area contributed by atoms with Gasteiger partial charge < -0.3 is 5.32 Å². The minimum Gasteiger partial charge on any atom is -0.310 e. The number of rotatable bonds is 5. The van der Waals surface area contributed by atoms with Crippen LogP contribution < -0.4 is 5.32 Å². The lowest BCUT2D eigenvalue weighted by Crippen LogP contribution is -2.22. The first kappa shape index (κ1) is 11.2. The second-order valence-corrected chi connectivity index (χ2v) is 4.60. The van der Waals surface area contributed by atoms with E-state index in [9.17, 15) is 0 Å². The summed E-state index contributed by atoms with van der Waals surface area (Å²) in [7, 11) is 0. The highest BCUT2D eigenvalue weighted by Crippen LogP contribution is 2.19. The van der Waals surface area contributed by atoms with E-state index in [0.29, 0.717) is 6.04 Å². The smallest absolute Gasteiger partial charge is 0.115 e. The Kier molecular flexibility index (Phi) is 4.02. The number of aromatic nitrogens is 2. The maximum atomic E-state index is 4.07. The van der Waals surface area contributed by atoms with Crippen LogP contribution in [0.1, 0.15) is 23.4 Å². The van der Waals surface area contributed by atoms with Crippen molar-refractivity contribution < 1.29 is 0 Å². The van der Waals surface area contributed by atoms with Gasteiger partial charge in [0, 0.05) is 35.3 Å². The molecular formula is C12H15N3S. The second kappa shape index (κ2) is 5.72. The summed E-state index contributed by atoms with van der Waals surface area (Å²) in [6, 6.07) is 4.56. The molecule has 16 heavy (non-hydrogen) atoms. The third-order valence-electron chi connectivity index (χ3n) is 2.42. The molecule has 0 spiro atoms. The zero-order valence-corrected chi connectivity index (χ0v) is 10.1. The Balaban J connectivity index is 2.11. The number of nitrogens with one attached hydrogen (secondary N) is 1. The van der Waals surface area contributed by atoms with Crippen molar-refractivity contribution in [3.05, 3.63) is 46.7 Å². The van der Waals surface area contributed by atoms with Gasteiger partial charge in [0.1, 0.15) is 6.33 Å². The standard InChI is InChI=1S/C12H15N3S/c1-2-15-12(6-11-4-3-5-16-11)10-7-13-9-14-8-10/h3-5,7-9,12,15H,2,6H2,1H3. The number of likely N-dealkylation sites (N-methyl/N-ethyl adjacent to an activating group) is 1. The maximum Gasteiger partial charge on any atom is 0.115 e. The van der Waals surface area contributed by atoms with Gasteiger partial charge in [-0.1, -0.05) is 13.0 Å². The van der Waals surface area contributed by atoms with E-state index in [4.69, 9.17) is 0 Å². The molecule has 1 atom stereocenters. The van der Waals surface area contributed by atoms with Gasteiger partial charge >= 0.3 is 0 Å². The van der Waals surface area contributed by atoms with Crippen molar-refractivity contribution in [2.75, 3.05) is 6.54 Å². The van der Waals surface area contributed by atoms with Crippen LogP contribution in [-0.4, -0.2) is 16.5 Å². The number of thiophene rings is 1. The Morgan fingerprint density at radius 2 is 2.19 bits per heavy atom. The Labute approximate surface area is 99.6 Å². The number of nitrogens with zero attached hydrogens (tertiary/aromatic N) is 2. The normalized spacial score (nSPS) is 12.6.